The van der Waals surface area contributed by atoms with Crippen molar-refractivity contribution in [2.75, 3.05) is 6.54 Å². The van der Waals surface area contributed by atoms with Gasteiger partial charge in [0.1, 0.15) is 0 Å². The number of carbonyl (C=O) groups is 1. The number of halogens is 1. The van der Waals surface area contributed by atoms with Gasteiger partial charge < -0.3 is 4.90 Å². The molecule has 0 bridgehead atoms. The van der Waals surface area contributed by atoms with Crippen LogP contribution >= 0.6 is 22.6 Å². The molecule has 1 saturated heterocycles. The molecule has 1 aromatic rings. The summed E-state index contributed by atoms with van der Waals surface area (Å²) in [5.74, 6) is -0.368. The van der Waals surface area contributed by atoms with Crippen LogP contribution in [0.4, 0.5) is 0 Å². The lowest BCUT2D eigenvalue weighted by Gasteiger charge is -2.03. The number of rotatable bonds is 3. The van der Waals surface area contributed by atoms with Crippen LogP contribution in [-0.4, -0.2) is 35.7 Å². The highest BCUT2D eigenvalue weighted by Gasteiger charge is 2.47. The molecule has 0 saturated carbocycles. The van der Waals surface area contributed by atoms with Crippen LogP contribution in [-0.2, 0) is 14.5 Å². The average Bonchev–Trinajstić information content (AvgIpc) is 3.08. The minimum atomic E-state index is -4.14. The fourth-order valence-electron chi connectivity index (χ4n) is 1.49. The second-order valence-corrected chi connectivity index (χ2v) is 6.09. The fraction of sp³-hybridized carbons (Fsp3) is 0.300. The summed E-state index contributed by atoms with van der Waals surface area (Å²) in [6, 6.07) is 6.97. The standard InChI is InChI=1S/C10H10INO4S/c11-5-7-1-3-8(4-2-7)10(13)12-6-9(12)17(14,15)16/h1-4,9H,5-6H2,(H,14,15,16). The number of amides is 1. The van der Waals surface area contributed by atoms with E-state index in [0.29, 0.717) is 5.56 Å². The van der Waals surface area contributed by atoms with E-state index in [1.807, 2.05) is 12.1 Å². The lowest BCUT2D eigenvalue weighted by atomic mass is 10.1. The molecule has 92 valence electrons. The van der Waals surface area contributed by atoms with Gasteiger partial charge in [-0.2, -0.15) is 8.42 Å². The van der Waals surface area contributed by atoms with E-state index >= 15 is 0 Å². The molecule has 1 unspecified atom stereocenters. The predicted octanol–water partition coefficient (Wildman–Crippen LogP) is 1.29. The molecule has 2 rings (SSSR count). The molecule has 1 fully saturated rings. The lowest BCUT2D eigenvalue weighted by Crippen LogP contribution is -2.18. The highest BCUT2D eigenvalue weighted by Crippen LogP contribution is 2.25. The molecule has 1 N–H and O–H groups in total. The molecule has 0 aromatic heterocycles. The number of carbonyl (C=O) groups excluding carboxylic acids is 1. The first kappa shape index (κ1) is 12.8. The molecule has 5 nitrogen and oxygen atoms in total. The van der Waals surface area contributed by atoms with Gasteiger partial charge in [-0.05, 0) is 17.7 Å². The Morgan fingerprint density at radius 2 is 2.00 bits per heavy atom. The summed E-state index contributed by atoms with van der Waals surface area (Å²) in [4.78, 5) is 12.9. The van der Waals surface area contributed by atoms with Gasteiger partial charge in [0.15, 0.2) is 5.37 Å². The summed E-state index contributed by atoms with van der Waals surface area (Å²) in [5.41, 5.74) is 1.53. The lowest BCUT2D eigenvalue weighted by molar-refractivity contribution is 0.0880. The number of hydrogen-bond donors (Lipinski definition) is 1. The third-order valence-electron chi connectivity index (χ3n) is 2.53. The highest BCUT2D eigenvalue weighted by atomic mass is 127. The molecule has 1 aliphatic heterocycles. The molecule has 1 amide bonds. The molecule has 1 aromatic carbocycles. The van der Waals surface area contributed by atoms with Crippen molar-refractivity contribution in [1.82, 2.24) is 4.90 Å². The van der Waals surface area contributed by atoms with Crippen molar-refractivity contribution in [1.29, 1.82) is 0 Å². The van der Waals surface area contributed by atoms with E-state index < -0.39 is 15.5 Å². The molecule has 0 radical (unpaired) electrons. The molecule has 1 atom stereocenters. The van der Waals surface area contributed by atoms with Crippen LogP contribution in [0.15, 0.2) is 24.3 Å². The van der Waals surface area contributed by atoms with Gasteiger partial charge in [-0.25, -0.2) is 0 Å². The Balaban J connectivity index is 2.12. The van der Waals surface area contributed by atoms with E-state index in [9.17, 15) is 13.2 Å². The van der Waals surface area contributed by atoms with Crippen LogP contribution in [0, 0.1) is 0 Å². The quantitative estimate of drug-likeness (QED) is 0.378. The van der Waals surface area contributed by atoms with Crippen molar-refractivity contribution in [2.24, 2.45) is 0 Å². The number of benzene rings is 1. The van der Waals surface area contributed by atoms with Crippen LogP contribution < -0.4 is 0 Å². The Kier molecular flexibility index (Phi) is 3.41. The van der Waals surface area contributed by atoms with Crippen molar-refractivity contribution >= 4 is 38.6 Å². The van der Waals surface area contributed by atoms with Gasteiger partial charge >= 0.3 is 0 Å². The van der Waals surface area contributed by atoms with Crippen LogP contribution in [0.2, 0.25) is 0 Å². The topological polar surface area (TPSA) is 74.5 Å². The third-order valence-corrected chi connectivity index (χ3v) is 4.50. The summed E-state index contributed by atoms with van der Waals surface area (Å²) in [6.45, 7) is 0.0612. The molecule has 0 spiro atoms. The summed E-state index contributed by atoms with van der Waals surface area (Å²) in [5, 5.41) is -1.07. The first-order valence-electron chi connectivity index (χ1n) is 4.85. The Bertz CT molecular complexity index is 540. The van der Waals surface area contributed by atoms with Crippen molar-refractivity contribution in [3.63, 3.8) is 0 Å². The average molecular weight is 367 g/mol. The SMILES string of the molecule is O=C(c1ccc(CI)cc1)N1CC1S(=O)(=O)O. The largest absolute Gasteiger partial charge is 0.315 e. The van der Waals surface area contributed by atoms with E-state index in [-0.39, 0.29) is 12.5 Å². The van der Waals surface area contributed by atoms with Gasteiger partial charge in [-0.3, -0.25) is 9.35 Å². The normalized spacial score (nSPS) is 19.2. The van der Waals surface area contributed by atoms with E-state index in [2.05, 4.69) is 22.6 Å². The van der Waals surface area contributed by atoms with Crippen LogP contribution in [0.3, 0.4) is 0 Å². The maximum Gasteiger partial charge on any atom is 0.288 e. The highest BCUT2D eigenvalue weighted by molar-refractivity contribution is 14.1. The van der Waals surface area contributed by atoms with E-state index in [4.69, 9.17) is 4.55 Å². The van der Waals surface area contributed by atoms with Gasteiger partial charge in [0, 0.05) is 9.99 Å². The second kappa shape index (κ2) is 4.54. The first-order chi connectivity index (χ1) is 7.93. The van der Waals surface area contributed by atoms with Gasteiger partial charge in [0.2, 0.25) is 0 Å². The van der Waals surface area contributed by atoms with Crippen LogP contribution in [0.1, 0.15) is 15.9 Å². The molecule has 7 heteroatoms. The fourth-order valence-corrected chi connectivity index (χ4v) is 2.77. The summed E-state index contributed by atoms with van der Waals surface area (Å²) in [7, 11) is -4.14. The predicted molar refractivity (Wildman–Crippen MR) is 70.5 cm³/mol. The minimum Gasteiger partial charge on any atom is -0.315 e. The Labute approximate surface area is 113 Å². The first-order valence-corrected chi connectivity index (χ1v) is 7.88. The molecule has 0 aliphatic carbocycles. The summed E-state index contributed by atoms with van der Waals surface area (Å²) < 4.78 is 31.2. The van der Waals surface area contributed by atoms with E-state index in [1.54, 1.807) is 12.1 Å². The zero-order valence-corrected chi connectivity index (χ0v) is 11.7. The third kappa shape index (κ3) is 2.78. The maximum absolute atomic E-state index is 11.8. The number of nitrogens with zero attached hydrogens (tertiary/aromatic N) is 1. The van der Waals surface area contributed by atoms with Crippen molar-refractivity contribution in [3.8, 4) is 0 Å². The zero-order chi connectivity index (χ0) is 12.6. The van der Waals surface area contributed by atoms with Gasteiger partial charge in [0.25, 0.3) is 16.0 Å². The van der Waals surface area contributed by atoms with Crippen molar-refractivity contribution in [3.05, 3.63) is 35.4 Å². The smallest absolute Gasteiger partial charge is 0.288 e. The second-order valence-electron chi connectivity index (χ2n) is 3.76. The Morgan fingerprint density at radius 3 is 2.41 bits per heavy atom. The van der Waals surface area contributed by atoms with Crippen LogP contribution in [0.5, 0.6) is 0 Å². The van der Waals surface area contributed by atoms with Gasteiger partial charge in [-0.1, -0.05) is 34.7 Å². The monoisotopic (exact) mass is 367 g/mol. The van der Waals surface area contributed by atoms with E-state index in [0.717, 1.165) is 14.9 Å². The molecule has 1 aliphatic rings. The number of alkyl halides is 1. The van der Waals surface area contributed by atoms with Crippen molar-refractivity contribution < 1.29 is 17.8 Å². The van der Waals surface area contributed by atoms with Gasteiger partial charge in [0.05, 0.1) is 6.54 Å². The molecule has 17 heavy (non-hydrogen) atoms. The zero-order valence-electron chi connectivity index (χ0n) is 8.71. The summed E-state index contributed by atoms with van der Waals surface area (Å²) in [6.07, 6.45) is 0. The van der Waals surface area contributed by atoms with E-state index in [1.165, 1.54) is 0 Å². The molecular weight excluding hydrogens is 357 g/mol. The van der Waals surface area contributed by atoms with Crippen LogP contribution in [0.25, 0.3) is 0 Å². The number of hydrogen-bond acceptors (Lipinski definition) is 3. The van der Waals surface area contributed by atoms with Crippen molar-refractivity contribution in [2.45, 2.75) is 9.80 Å². The molecular formula is C10H10INO4S. The Morgan fingerprint density at radius 1 is 1.41 bits per heavy atom. The molecule has 1 heterocycles. The Hall–Kier alpha value is -0.670. The van der Waals surface area contributed by atoms with Gasteiger partial charge in [-0.15, -0.1) is 0 Å². The maximum atomic E-state index is 11.8. The summed E-state index contributed by atoms with van der Waals surface area (Å²) >= 11 is 2.21. The minimum absolute atomic E-state index is 0.0612.